The fourth-order valence-corrected chi connectivity index (χ4v) is 3.04. The normalized spacial score (nSPS) is 17.6. The van der Waals surface area contributed by atoms with E-state index in [1.807, 2.05) is 6.07 Å². The van der Waals surface area contributed by atoms with Crippen molar-refractivity contribution in [3.05, 3.63) is 71.0 Å². The van der Waals surface area contributed by atoms with Gasteiger partial charge in [0.15, 0.2) is 5.78 Å². The maximum Gasteiger partial charge on any atom is 0.163 e. The molecule has 0 fully saturated rings. The lowest BCUT2D eigenvalue weighted by Gasteiger charge is -2.24. The number of Topliss-reactive ketones (excluding diaryl/α,β-unsaturated/α-hetero) is 1. The summed E-state index contributed by atoms with van der Waals surface area (Å²) >= 11 is 0. The predicted octanol–water partition coefficient (Wildman–Crippen LogP) is 4.52. The molecule has 20 heavy (non-hydrogen) atoms. The molecule has 0 radical (unpaired) electrons. The highest BCUT2D eigenvalue weighted by Gasteiger charge is 2.22. The third-order valence-corrected chi connectivity index (χ3v) is 4.09. The summed E-state index contributed by atoms with van der Waals surface area (Å²) in [5, 5.41) is 0. The minimum atomic E-state index is -0.301. The van der Waals surface area contributed by atoms with Gasteiger partial charge in [0.05, 0.1) is 0 Å². The van der Waals surface area contributed by atoms with Crippen molar-refractivity contribution in [2.24, 2.45) is 0 Å². The highest BCUT2D eigenvalue weighted by atomic mass is 19.1. The molecule has 0 spiro atoms. The summed E-state index contributed by atoms with van der Waals surface area (Å²) in [6.45, 7) is 0. The molecule has 1 aliphatic carbocycles. The Kier molecular flexibility index (Phi) is 3.64. The Hall–Kier alpha value is -1.96. The number of aryl methyl sites for hydroxylation is 1. The molecule has 3 rings (SSSR count). The van der Waals surface area contributed by atoms with Gasteiger partial charge in [-0.15, -0.1) is 0 Å². The molecular formula is C18H17FO. The van der Waals surface area contributed by atoms with Crippen LogP contribution in [0.5, 0.6) is 0 Å². The Morgan fingerprint density at radius 1 is 1.10 bits per heavy atom. The van der Waals surface area contributed by atoms with Crippen molar-refractivity contribution in [1.82, 2.24) is 0 Å². The Morgan fingerprint density at radius 2 is 1.85 bits per heavy atom. The van der Waals surface area contributed by atoms with Crippen molar-refractivity contribution in [3.8, 4) is 0 Å². The van der Waals surface area contributed by atoms with Crippen molar-refractivity contribution in [1.29, 1.82) is 0 Å². The Bertz CT molecular complexity index is 616. The Balaban J connectivity index is 1.79. The van der Waals surface area contributed by atoms with Crippen LogP contribution in [0.25, 0.3) is 0 Å². The molecule has 2 aromatic rings. The number of carbonyl (C=O) groups is 1. The molecule has 1 aliphatic rings. The molecule has 0 heterocycles. The van der Waals surface area contributed by atoms with Gasteiger partial charge < -0.3 is 0 Å². The second-order valence-corrected chi connectivity index (χ2v) is 5.42. The van der Waals surface area contributed by atoms with Crippen LogP contribution in [0.3, 0.4) is 0 Å². The molecule has 0 amide bonds. The molecule has 1 unspecified atom stereocenters. The molecule has 0 saturated carbocycles. The average Bonchev–Trinajstić information content (AvgIpc) is 2.48. The summed E-state index contributed by atoms with van der Waals surface area (Å²) in [5.74, 6) is 0.105. The van der Waals surface area contributed by atoms with Crippen LogP contribution in [-0.2, 0) is 6.42 Å². The molecule has 0 aliphatic heterocycles. The summed E-state index contributed by atoms with van der Waals surface area (Å²) in [5.41, 5.74) is 3.29. The lowest BCUT2D eigenvalue weighted by Crippen LogP contribution is -2.14. The van der Waals surface area contributed by atoms with E-state index >= 15 is 0 Å². The third kappa shape index (κ3) is 2.64. The van der Waals surface area contributed by atoms with E-state index in [1.165, 1.54) is 23.3 Å². The quantitative estimate of drug-likeness (QED) is 0.748. The van der Waals surface area contributed by atoms with Gasteiger partial charge in [-0.1, -0.05) is 24.3 Å². The van der Waals surface area contributed by atoms with Gasteiger partial charge in [-0.3, -0.25) is 4.79 Å². The van der Waals surface area contributed by atoms with Crippen molar-refractivity contribution in [3.63, 3.8) is 0 Å². The van der Waals surface area contributed by atoms with Crippen molar-refractivity contribution in [2.45, 2.75) is 31.6 Å². The predicted molar refractivity (Wildman–Crippen MR) is 77.5 cm³/mol. The van der Waals surface area contributed by atoms with Gasteiger partial charge in [-0.25, -0.2) is 4.39 Å². The van der Waals surface area contributed by atoms with Crippen LogP contribution in [0, 0.1) is 5.82 Å². The number of ketones is 1. The molecule has 2 aromatic carbocycles. The number of fused-ring (bicyclic) bond motifs is 1. The van der Waals surface area contributed by atoms with E-state index in [1.54, 1.807) is 12.1 Å². The number of benzene rings is 2. The van der Waals surface area contributed by atoms with Crippen LogP contribution in [0.4, 0.5) is 4.39 Å². The van der Waals surface area contributed by atoms with Crippen molar-refractivity contribution in [2.75, 3.05) is 0 Å². The van der Waals surface area contributed by atoms with Crippen molar-refractivity contribution < 1.29 is 9.18 Å². The molecule has 0 saturated heterocycles. The lowest BCUT2D eigenvalue weighted by molar-refractivity contribution is 0.0971. The molecule has 102 valence electrons. The smallest absolute Gasteiger partial charge is 0.163 e. The van der Waals surface area contributed by atoms with E-state index in [9.17, 15) is 9.18 Å². The molecule has 1 nitrogen and oxygen atoms in total. The molecule has 1 atom stereocenters. The molecule has 0 bridgehead atoms. The van der Waals surface area contributed by atoms with E-state index in [-0.39, 0.29) is 11.6 Å². The van der Waals surface area contributed by atoms with Crippen molar-refractivity contribution >= 4 is 5.78 Å². The van der Waals surface area contributed by atoms with Crippen LogP contribution in [0.2, 0.25) is 0 Å². The fourth-order valence-electron chi connectivity index (χ4n) is 3.04. The maximum atomic E-state index is 12.9. The van der Waals surface area contributed by atoms with Crippen LogP contribution < -0.4 is 0 Å². The largest absolute Gasteiger partial charge is 0.294 e. The highest BCUT2D eigenvalue weighted by molar-refractivity contribution is 5.96. The van der Waals surface area contributed by atoms with Gasteiger partial charge >= 0.3 is 0 Å². The van der Waals surface area contributed by atoms with Crippen LogP contribution in [0.1, 0.15) is 46.7 Å². The van der Waals surface area contributed by atoms with E-state index in [4.69, 9.17) is 0 Å². The average molecular weight is 268 g/mol. The summed E-state index contributed by atoms with van der Waals surface area (Å²) in [6, 6.07) is 14.2. The zero-order valence-electron chi connectivity index (χ0n) is 11.3. The molecule has 0 aromatic heterocycles. The van der Waals surface area contributed by atoms with E-state index in [0.29, 0.717) is 17.9 Å². The SMILES string of the molecule is O=C(CC1CCCc2ccccc21)c1ccc(F)cc1. The number of hydrogen-bond donors (Lipinski definition) is 0. The summed E-state index contributed by atoms with van der Waals surface area (Å²) in [7, 11) is 0. The van der Waals surface area contributed by atoms with Gasteiger partial charge in [0, 0.05) is 12.0 Å². The van der Waals surface area contributed by atoms with Gasteiger partial charge in [-0.2, -0.15) is 0 Å². The van der Waals surface area contributed by atoms with E-state index in [2.05, 4.69) is 18.2 Å². The first-order valence-electron chi connectivity index (χ1n) is 7.10. The van der Waals surface area contributed by atoms with E-state index < -0.39 is 0 Å². The number of carbonyl (C=O) groups excluding carboxylic acids is 1. The number of hydrogen-bond acceptors (Lipinski definition) is 1. The molecule has 2 heteroatoms. The van der Waals surface area contributed by atoms with E-state index in [0.717, 1.165) is 19.3 Å². The van der Waals surface area contributed by atoms with Gasteiger partial charge in [-0.05, 0) is 60.6 Å². The minimum Gasteiger partial charge on any atom is -0.294 e. The van der Waals surface area contributed by atoms with Gasteiger partial charge in [0.25, 0.3) is 0 Å². The lowest BCUT2D eigenvalue weighted by atomic mass is 9.79. The minimum absolute atomic E-state index is 0.103. The second kappa shape index (κ2) is 5.58. The van der Waals surface area contributed by atoms with Crippen LogP contribution >= 0.6 is 0 Å². The fraction of sp³-hybridized carbons (Fsp3) is 0.278. The number of halogens is 1. The standard InChI is InChI=1S/C18H17FO/c19-16-10-8-14(9-11-16)18(20)12-15-6-3-5-13-4-1-2-7-17(13)15/h1-2,4,7-11,15H,3,5-6,12H2. The zero-order chi connectivity index (χ0) is 13.9. The van der Waals surface area contributed by atoms with Gasteiger partial charge in [0.2, 0.25) is 0 Å². The first-order chi connectivity index (χ1) is 9.74. The van der Waals surface area contributed by atoms with Gasteiger partial charge in [0.1, 0.15) is 5.82 Å². The monoisotopic (exact) mass is 268 g/mol. The summed E-state index contributed by atoms with van der Waals surface area (Å²) < 4.78 is 12.9. The Labute approximate surface area is 118 Å². The Morgan fingerprint density at radius 3 is 2.65 bits per heavy atom. The second-order valence-electron chi connectivity index (χ2n) is 5.42. The van der Waals surface area contributed by atoms with Crippen LogP contribution in [0.15, 0.2) is 48.5 Å². The zero-order valence-corrected chi connectivity index (χ0v) is 11.3. The summed E-state index contributed by atoms with van der Waals surface area (Å²) in [6.07, 6.45) is 3.82. The molecule has 0 N–H and O–H groups in total. The third-order valence-electron chi connectivity index (χ3n) is 4.09. The van der Waals surface area contributed by atoms with Crippen LogP contribution in [-0.4, -0.2) is 5.78 Å². The molecular weight excluding hydrogens is 251 g/mol. The maximum absolute atomic E-state index is 12.9. The first-order valence-corrected chi connectivity index (χ1v) is 7.10. The highest BCUT2D eigenvalue weighted by Crippen LogP contribution is 2.34. The number of rotatable bonds is 3. The topological polar surface area (TPSA) is 17.1 Å². The first kappa shape index (κ1) is 13.0. The summed E-state index contributed by atoms with van der Waals surface area (Å²) in [4.78, 5) is 12.3.